The second-order valence-corrected chi connectivity index (χ2v) is 6.98. The summed E-state index contributed by atoms with van der Waals surface area (Å²) in [4.78, 5) is 0. The fraction of sp³-hybridized carbons (Fsp3) is 1.00. The average Bonchev–Trinajstić information content (AvgIpc) is 2.91. The number of methoxy groups -OCH3 is 1. The predicted molar refractivity (Wildman–Crippen MR) is 83.5 cm³/mol. The van der Waals surface area contributed by atoms with Gasteiger partial charge in [0.15, 0.2) is 0 Å². The minimum absolute atomic E-state index is 0.180. The molecule has 1 N–H and O–H groups in total. The normalized spacial score (nSPS) is 31.8. The first-order valence-electron chi connectivity index (χ1n) is 7.75. The number of hydrogen-bond donors (Lipinski definition) is 1. The van der Waals surface area contributed by atoms with Crippen molar-refractivity contribution in [1.29, 1.82) is 0 Å². The van der Waals surface area contributed by atoms with E-state index < -0.39 is 0 Å². The van der Waals surface area contributed by atoms with E-state index in [-0.39, 0.29) is 5.60 Å². The Morgan fingerprint density at radius 2 is 2.30 bits per heavy atom. The van der Waals surface area contributed by atoms with Crippen molar-refractivity contribution in [3.05, 3.63) is 0 Å². The minimum Gasteiger partial charge on any atom is -0.382 e. The Morgan fingerprint density at radius 3 is 3.00 bits per heavy atom. The van der Waals surface area contributed by atoms with Crippen molar-refractivity contribution >= 4 is 11.8 Å². The summed E-state index contributed by atoms with van der Waals surface area (Å²) in [5, 5.41) is 3.50. The van der Waals surface area contributed by atoms with Crippen molar-refractivity contribution in [3.63, 3.8) is 0 Å². The maximum Gasteiger partial charge on any atom is 0.0783 e. The quantitative estimate of drug-likeness (QED) is 0.694. The van der Waals surface area contributed by atoms with Crippen LogP contribution in [0.25, 0.3) is 0 Å². The van der Waals surface area contributed by atoms with Gasteiger partial charge in [-0.3, -0.25) is 0 Å². The van der Waals surface area contributed by atoms with E-state index in [4.69, 9.17) is 14.2 Å². The molecular formula is C15H29NO3S. The summed E-state index contributed by atoms with van der Waals surface area (Å²) in [7, 11) is 3.78. The zero-order chi connectivity index (χ0) is 14.3. The van der Waals surface area contributed by atoms with Gasteiger partial charge in [0.25, 0.3) is 0 Å². The molecular weight excluding hydrogens is 274 g/mol. The van der Waals surface area contributed by atoms with E-state index in [2.05, 4.69) is 12.4 Å². The number of nitrogens with one attached hydrogen (secondary N) is 1. The van der Waals surface area contributed by atoms with E-state index in [1.807, 2.05) is 11.8 Å². The molecule has 5 heteroatoms. The molecule has 3 atom stereocenters. The third kappa shape index (κ3) is 4.60. The number of thioether (sulfide) groups is 1. The van der Waals surface area contributed by atoms with Crippen molar-refractivity contribution in [3.8, 4) is 0 Å². The first-order chi connectivity index (χ1) is 9.79. The van der Waals surface area contributed by atoms with Gasteiger partial charge in [-0.15, -0.1) is 0 Å². The Hall–Kier alpha value is 0.190. The third-order valence-electron chi connectivity index (χ3n) is 4.54. The molecule has 0 aromatic heterocycles. The molecule has 2 heterocycles. The summed E-state index contributed by atoms with van der Waals surface area (Å²) in [6.45, 7) is 3.12. The highest BCUT2D eigenvalue weighted by Crippen LogP contribution is 2.41. The van der Waals surface area contributed by atoms with Crippen LogP contribution in [0.3, 0.4) is 0 Å². The summed E-state index contributed by atoms with van der Waals surface area (Å²) < 4.78 is 16.7. The summed E-state index contributed by atoms with van der Waals surface area (Å²) >= 11 is 2.04. The van der Waals surface area contributed by atoms with Crippen LogP contribution in [0.2, 0.25) is 0 Å². The van der Waals surface area contributed by atoms with E-state index in [1.54, 1.807) is 7.11 Å². The van der Waals surface area contributed by atoms with Gasteiger partial charge >= 0.3 is 0 Å². The van der Waals surface area contributed by atoms with Crippen LogP contribution >= 0.6 is 11.8 Å². The topological polar surface area (TPSA) is 39.7 Å². The molecule has 2 aliphatic heterocycles. The summed E-state index contributed by atoms with van der Waals surface area (Å²) in [5.74, 6) is 3.17. The smallest absolute Gasteiger partial charge is 0.0783 e. The minimum atomic E-state index is 0.180. The molecule has 1 spiro atoms. The Labute approximate surface area is 127 Å². The van der Waals surface area contributed by atoms with Gasteiger partial charge in [-0.2, -0.15) is 11.8 Å². The number of rotatable bonds is 8. The summed E-state index contributed by atoms with van der Waals surface area (Å²) in [5.41, 5.74) is 0.180. The molecule has 0 amide bonds. The van der Waals surface area contributed by atoms with Crippen molar-refractivity contribution < 1.29 is 14.2 Å². The highest BCUT2D eigenvalue weighted by Gasteiger charge is 2.42. The van der Waals surface area contributed by atoms with Crippen LogP contribution in [0, 0.1) is 5.92 Å². The molecule has 0 aliphatic carbocycles. The van der Waals surface area contributed by atoms with Gasteiger partial charge < -0.3 is 19.5 Å². The van der Waals surface area contributed by atoms with Gasteiger partial charge in [0.05, 0.1) is 18.8 Å². The zero-order valence-electron chi connectivity index (χ0n) is 12.9. The molecule has 2 saturated heterocycles. The molecule has 3 unspecified atom stereocenters. The largest absolute Gasteiger partial charge is 0.382 e. The van der Waals surface area contributed by atoms with E-state index in [9.17, 15) is 0 Å². The van der Waals surface area contributed by atoms with E-state index in [1.165, 1.54) is 30.8 Å². The molecule has 4 nitrogen and oxygen atoms in total. The van der Waals surface area contributed by atoms with Crippen molar-refractivity contribution in [2.24, 2.45) is 5.92 Å². The van der Waals surface area contributed by atoms with Crippen molar-refractivity contribution in [1.82, 2.24) is 5.32 Å². The van der Waals surface area contributed by atoms with Crippen LogP contribution < -0.4 is 5.32 Å². The predicted octanol–water partition coefficient (Wildman–Crippen LogP) is 1.93. The van der Waals surface area contributed by atoms with Gasteiger partial charge in [0.1, 0.15) is 0 Å². The Kier molecular flexibility index (Phi) is 7.11. The van der Waals surface area contributed by atoms with E-state index in [0.29, 0.717) is 19.3 Å². The van der Waals surface area contributed by atoms with Crippen LogP contribution in [-0.2, 0) is 14.2 Å². The third-order valence-corrected chi connectivity index (χ3v) is 5.77. The molecule has 2 fully saturated rings. The lowest BCUT2D eigenvalue weighted by Crippen LogP contribution is -2.46. The molecule has 2 aliphatic rings. The summed E-state index contributed by atoms with van der Waals surface area (Å²) in [6, 6.07) is 0.545. The van der Waals surface area contributed by atoms with Gasteiger partial charge in [0, 0.05) is 32.1 Å². The van der Waals surface area contributed by atoms with Crippen LogP contribution in [0.5, 0.6) is 0 Å². The average molecular weight is 303 g/mol. The first-order valence-corrected chi connectivity index (χ1v) is 8.91. The van der Waals surface area contributed by atoms with Crippen LogP contribution in [0.15, 0.2) is 0 Å². The second-order valence-electron chi connectivity index (χ2n) is 5.88. The Balaban J connectivity index is 1.75. The van der Waals surface area contributed by atoms with Crippen molar-refractivity contribution in [2.75, 3.05) is 52.1 Å². The molecule has 2 rings (SSSR count). The van der Waals surface area contributed by atoms with Gasteiger partial charge in [-0.05, 0) is 44.4 Å². The molecule has 20 heavy (non-hydrogen) atoms. The lowest BCUT2D eigenvalue weighted by molar-refractivity contribution is -0.0862. The number of ether oxygens (including phenoxy) is 3. The Morgan fingerprint density at radius 1 is 1.40 bits per heavy atom. The van der Waals surface area contributed by atoms with Crippen LogP contribution in [0.4, 0.5) is 0 Å². The monoisotopic (exact) mass is 303 g/mol. The fourth-order valence-corrected chi connectivity index (χ4v) is 4.72. The molecule has 0 aromatic carbocycles. The van der Waals surface area contributed by atoms with Crippen LogP contribution in [-0.4, -0.2) is 63.7 Å². The molecule has 0 bridgehead atoms. The molecule has 0 saturated carbocycles. The second kappa shape index (κ2) is 8.59. The SMILES string of the molecule is CNC(CCOCCOC)C1CCOC2(CCSC2)C1. The summed E-state index contributed by atoms with van der Waals surface area (Å²) in [6.07, 6.45) is 4.70. The maximum atomic E-state index is 6.11. The fourth-order valence-electron chi connectivity index (χ4n) is 3.34. The van der Waals surface area contributed by atoms with E-state index in [0.717, 1.165) is 25.6 Å². The highest BCUT2D eigenvalue weighted by atomic mass is 32.2. The lowest BCUT2D eigenvalue weighted by atomic mass is 9.80. The maximum absolute atomic E-state index is 6.11. The number of hydrogen-bond acceptors (Lipinski definition) is 5. The van der Waals surface area contributed by atoms with Crippen LogP contribution in [0.1, 0.15) is 25.7 Å². The first kappa shape index (κ1) is 16.6. The standard InChI is InChI=1S/C15H29NO3S/c1-16-14(4-6-18-9-8-17-2)13-3-7-19-15(11-13)5-10-20-12-15/h13-14,16H,3-12H2,1-2H3. The van der Waals surface area contributed by atoms with Gasteiger partial charge in [0.2, 0.25) is 0 Å². The van der Waals surface area contributed by atoms with Gasteiger partial charge in [-0.25, -0.2) is 0 Å². The lowest BCUT2D eigenvalue weighted by Gasteiger charge is -2.41. The van der Waals surface area contributed by atoms with Crippen molar-refractivity contribution in [2.45, 2.75) is 37.3 Å². The molecule has 0 radical (unpaired) electrons. The molecule has 118 valence electrons. The highest BCUT2D eigenvalue weighted by molar-refractivity contribution is 7.99. The molecule has 0 aromatic rings. The zero-order valence-corrected chi connectivity index (χ0v) is 13.7. The van der Waals surface area contributed by atoms with Gasteiger partial charge in [-0.1, -0.05) is 0 Å². The van der Waals surface area contributed by atoms with E-state index >= 15 is 0 Å². The Bertz CT molecular complexity index is 272.